The number of carbonyl (C=O) groups excluding carboxylic acids is 1. The highest BCUT2D eigenvalue weighted by atomic mass is 16.4. The van der Waals surface area contributed by atoms with Gasteiger partial charge in [-0.15, -0.1) is 0 Å². The van der Waals surface area contributed by atoms with Gasteiger partial charge in [0.05, 0.1) is 6.04 Å². The van der Waals surface area contributed by atoms with Crippen molar-refractivity contribution >= 4 is 12.0 Å². The number of hydrogen-bond acceptors (Lipinski definition) is 4. The first-order valence-corrected chi connectivity index (χ1v) is 4.07. The number of imide groups is 1. The smallest absolute Gasteiger partial charge is 0.411 e. The number of rotatable bonds is 5. The fraction of sp³-hybridized carbons (Fsp3) is 0.714. The maximum Gasteiger partial charge on any atom is 0.411 e. The maximum atomic E-state index is 10.9. The molecule has 0 rings (SSSR count). The highest BCUT2D eigenvalue weighted by Crippen LogP contribution is 1.97. The Labute approximate surface area is 76.3 Å². The summed E-state index contributed by atoms with van der Waals surface area (Å²) in [5.74, 6) is -0.662. The van der Waals surface area contributed by atoms with Crippen LogP contribution in [-0.2, 0) is 4.79 Å². The van der Waals surface area contributed by atoms with Crippen LogP contribution >= 0.6 is 0 Å². The Hall–Kier alpha value is -1.14. The van der Waals surface area contributed by atoms with E-state index in [2.05, 4.69) is 0 Å². The normalized spacial score (nSPS) is 12.2. The van der Waals surface area contributed by atoms with Gasteiger partial charge in [-0.2, -0.15) is 0 Å². The second kappa shape index (κ2) is 6.38. The highest BCUT2D eigenvalue weighted by molar-refractivity contribution is 5.93. The van der Waals surface area contributed by atoms with Crippen LogP contribution in [0.25, 0.3) is 0 Å². The minimum Gasteiger partial charge on any atom is -0.465 e. The Bertz CT molecular complexity index is 184. The van der Waals surface area contributed by atoms with Gasteiger partial charge in [-0.05, 0) is 19.4 Å². The van der Waals surface area contributed by atoms with Crippen LogP contribution in [0.2, 0.25) is 0 Å². The summed E-state index contributed by atoms with van der Waals surface area (Å²) in [6, 6.07) is -0.761. The van der Waals surface area contributed by atoms with Crippen LogP contribution in [0.3, 0.4) is 0 Å². The van der Waals surface area contributed by atoms with Gasteiger partial charge in [0.1, 0.15) is 0 Å². The Balaban J connectivity index is 3.63. The van der Waals surface area contributed by atoms with Crippen LogP contribution in [0.5, 0.6) is 0 Å². The average Bonchev–Trinajstić information content (AvgIpc) is 2.03. The largest absolute Gasteiger partial charge is 0.465 e. The number of nitrogens with one attached hydrogen (secondary N) is 1. The van der Waals surface area contributed by atoms with E-state index in [1.54, 1.807) is 5.32 Å². The van der Waals surface area contributed by atoms with Crippen LogP contribution in [0, 0.1) is 0 Å². The summed E-state index contributed by atoms with van der Waals surface area (Å²) < 4.78 is 0. The Morgan fingerprint density at radius 1 is 1.38 bits per heavy atom. The van der Waals surface area contributed by atoms with Gasteiger partial charge in [0.15, 0.2) is 0 Å². The molecular formula is C7H15N3O3. The van der Waals surface area contributed by atoms with E-state index in [9.17, 15) is 9.59 Å². The quantitative estimate of drug-likeness (QED) is 0.424. The molecule has 2 amide bonds. The van der Waals surface area contributed by atoms with Crippen LogP contribution in [0.1, 0.15) is 19.3 Å². The second-order valence-corrected chi connectivity index (χ2v) is 2.69. The molecule has 0 aromatic heterocycles. The van der Waals surface area contributed by atoms with Crippen LogP contribution in [0.15, 0.2) is 0 Å². The minimum absolute atomic E-state index is 0.455. The summed E-state index contributed by atoms with van der Waals surface area (Å²) in [6.07, 6.45) is 0.592. The molecule has 0 unspecified atom stereocenters. The van der Waals surface area contributed by atoms with E-state index in [1.807, 2.05) is 0 Å². The molecule has 6 heteroatoms. The molecule has 6 N–H and O–H groups in total. The molecule has 0 spiro atoms. The first kappa shape index (κ1) is 11.9. The molecule has 0 heterocycles. The van der Waals surface area contributed by atoms with Crippen molar-refractivity contribution in [2.24, 2.45) is 11.5 Å². The lowest BCUT2D eigenvalue weighted by Gasteiger charge is -2.08. The predicted octanol–water partition coefficient (Wildman–Crippen LogP) is -0.763. The lowest BCUT2D eigenvalue weighted by atomic mass is 10.1. The number of hydrogen-bond donors (Lipinski definition) is 4. The average molecular weight is 189 g/mol. The summed E-state index contributed by atoms with van der Waals surface area (Å²) in [6.45, 7) is 0.549. The number of carboxylic acid groups (broad SMARTS) is 1. The van der Waals surface area contributed by atoms with E-state index >= 15 is 0 Å². The lowest BCUT2D eigenvalue weighted by Crippen LogP contribution is -2.42. The molecule has 76 valence electrons. The predicted molar refractivity (Wildman–Crippen MR) is 47.0 cm³/mol. The van der Waals surface area contributed by atoms with Gasteiger partial charge in [-0.3, -0.25) is 10.1 Å². The van der Waals surface area contributed by atoms with Crippen molar-refractivity contribution in [3.8, 4) is 0 Å². The first-order chi connectivity index (χ1) is 6.07. The fourth-order valence-electron chi connectivity index (χ4n) is 0.838. The second-order valence-electron chi connectivity index (χ2n) is 2.69. The van der Waals surface area contributed by atoms with Crippen LogP contribution < -0.4 is 16.8 Å². The van der Waals surface area contributed by atoms with E-state index in [0.717, 1.165) is 12.8 Å². The van der Waals surface area contributed by atoms with Crippen molar-refractivity contribution in [2.75, 3.05) is 6.54 Å². The van der Waals surface area contributed by atoms with E-state index in [4.69, 9.17) is 16.6 Å². The molecule has 0 radical (unpaired) electrons. The minimum atomic E-state index is -1.38. The van der Waals surface area contributed by atoms with Gasteiger partial charge in [0.2, 0.25) is 5.91 Å². The summed E-state index contributed by atoms with van der Waals surface area (Å²) in [5.41, 5.74) is 10.6. The molecule has 0 aromatic carbocycles. The number of unbranched alkanes of at least 4 members (excludes halogenated alkanes) is 1. The summed E-state index contributed by atoms with van der Waals surface area (Å²) >= 11 is 0. The molecule has 0 bridgehead atoms. The van der Waals surface area contributed by atoms with Crippen LogP contribution in [0.4, 0.5) is 4.79 Å². The molecule has 1 atom stereocenters. The third-order valence-electron chi connectivity index (χ3n) is 1.54. The lowest BCUT2D eigenvalue weighted by molar-refractivity contribution is -0.121. The topological polar surface area (TPSA) is 118 Å². The standard InChI is InChI=1S/C7H15N3O3/c8-4-2-1-3-5(9)6(11)10-7(12)13/h5H,1-4,8-9H2,(H,10,11)(H,12,13)/t5-/m0/s1. The molecule has 0 aliphatic heterocycles. The maximum absolute atomic E-state index is 10.9. The zero-order chi connectivity index (χ0) is 10.3. The molecule has 0 fully saturated rings. The summed E-state index contributed by atoms with van der Waals surface area (Å²) in [5, 5.41) is 9.89. The molecule has 0 saturated carbocycles. The third kappa shape index (κ3) is 6.06. The molecule has 0 aliphatic carbocycles. The zero-order valence-electron chi connectivity index (χ0n) is 7.32. The fourth-order valence-corrected chi connectivity index (χ4v) is 0.838. The van der Waals surface area contributed by atoms with E-state index in [1.165, 1.54) is 0 Å². The number of nitrogens with two attached hydrogens (primary N) is 2. The molecule has 0 aliphatic rings. The molecule has 0 saturated heterocycles. The van der Waals surface area contributed by atoms with Gasteiger partial charge in [0, 0.05) is 0 Å². The summed E-state index contributed by atoms with van der Waals surface area (Å²) in [4.78, 5) is 20.9. The molecule has 6 nitrogen and oxygen atoms in total. The van der Waals surface area contributed by atoms with Crippen molar-refractivity contribution in [1.29, 1.82) is 0 Å². The zero-order valence-corrected chi connectivity index (χ0v) is 7.32. The SMILES string of the molecule is NCCCC[C@H](N)C(=O)NC(=O)O. The molecule has 13 heavy (non-hydrogen) atoms. The Morgan fingerprint density at radius 3 is 2.46 bits per heavy atom. The number of amides is 2. The van der Waals surface area contributed by atoms with Crippen molar-refractivity contribution in [2.45, 2.75) is 25.3 Å². The van der Waals surface area contributed by atoms with Crippen molar-refractivity contribution in [3.05, 3.63) is 0 Å². The van der Waals surface area contributed by atoms with Gasteiger partial charge in [0.25, 0.3) is 0 Å². The van der Waals surface area contributed by atoms with E-state index in [0.29, 0.717) is 13.0 Å². The van der Waals surface area contributed by atoms with Crippen molar-refractivity contribution in [3.63, 3.8) is 0 Å². The van der Waals surface area contributed by atoms with Crippen molar-refractivity contribution in [1.82, 2.24) is 5.32 Å². The monoisotopic (exact) mass is 189 g/mol. The van der Waals surface area contributed by atoms with Gasteiger partial charge >= 0.3 is 6.09 Å². The Morgan fingerprint density at radius 2 is 2.00 bits per heavy atom. The van der Waals surface area contributed by atoms with Gasteiger partial charge in [-0.1, -0.05) is 6.42 Å². The van der Waals surface area contributed by atoms with Gasteiger partial charge in [-0.25, -0.2) is 4.79 Å². The first-order valence-electron chi connectivity index (χ1n) is 4.07. The highest BCUT2D eigenvalue weighted by Gasteiger charge is 2.14. The van der Waals surface area contributed by atoms with E-state index < -0.39 is 18.0 Å². The van der Waals surface area contributed by atoms with E-state index in [-0.39, 0.29) is 0 Å². The summed E-state index contributed by atoms with van der Waals surface area (Å²) in [7, 11) is 0. The van der Waals surface area contributed by atoms with Crippen molar-refractivity contribution < 1.29 is 14.7 Å². The molecule has 0 aromatic rings. The number of carbonyl (C=O) groups is 2. The molecular weight excluding hydrogens is 174 g/mol. The van der Waals surface area contributed by atoms with Gasteiger partial charge < -0.3 is 16.6 Å². The third-order valence-corrected chi connectivity index (χ3v) is 1.54. The Kier molecular flexibility index (Phi) is 5.82. The van der Waals surface area contributed by atoms with Crippen LogP contribution in [-0.4, -0.2) is 29.7 Å².